The molecule has 24 heavy (non-hydrogen) atoms. The molecule has 1 aromatic carbocycles. The van der Waals surface area contributed by atoms with Crippen LogP contribution in [0.5, 0.6) is 0 Å². The Labute approximate surface area is 135 Å². The van der Waals surface area contributed by atoms with Crippen molar-refractivity contribution in [1.82, 2.24) is 4.40 Å². The fourth-order valence-electron chi connectivity index (χ4n) is 2.48. The molecule has 0 atom stereocenters. The molecule has 0 saturated heterocycles. The Morgan fingerprint density at radius 3 is 2.42 bits per heavy atom. The largest absolute Gasteiger partial charge is 0.476 e. The van der Waals surface area contributed by atoms with E-state index in [1.54, 1.807) is 30.5 Å². The highest BCUT2D eigenvalue weighted by Gasteiger charge is 2.29. The summed E-state index contributed by atoms with van der Waals surface area (Å²) < 4.78 is 39.2. The van der Waals surface area contributed by atoms with E-state index in [0.29, 0.717) is 11.3 Å². The predicted octanol–water partition coefficient (Wildman–Crippen LogP) is 4.27. The van der Waals surface area contributed by atoms with Crippen LogP contribution in [0.25, 0.3) is 5.52 Å². The second-order valence-corrected chi connectivity index (χ2v) is 5.25. The van der Waals surface area contributed by atoms with Gasteiger partial charge in [-0.25, -0.2) is 4.79 Å². The molecule has 3 rings (SSSR count). The third kappa shape index (κ3) is 3.05. The van der Waals surface area contributed by atoms with Crippen LogP contribution in [0.2, 0.25) is 0 Å². The third-order valence-electron chi connectivity index (χ3n) is 3.66. The van der Waals surface area contributed by atoms with Crippen molar-refractivity contribution in [2.45, 2.75) is 12.7 Å². The van der Waals surface area contributed by atoms with E-state index >= 15 is 0 Å². The smallest absolute Gasteiger partial charge is 0.416 e. The zero-order valence-corrected chi connectivity index (χ0v) is 12.3. The van der Waals surface area contributed by atoms with Gasteiger partial charge in [-0.3, -0.25) is 0 Å². The number of aromatic carboxylic acids is 1. The van der Waals surface area contributed by atoms with Gasteiger partial charge in [-0.05, 0) is 42.0 Å². The monoisotopic (exact) mass is 334 g/mol. The Bertz CT molecular complexity index is 883. The van der Waals surface area contributed by atoms with E-state index in [2.05, 4.69) is 5.32 Å². The second kappa shape index (κ2) is 5.92. The SMILES string of the molecule is O=C(O)c1c(NCc2ccc(C(F)(F)F)cc2)ccc2cccn12. The van der Waals surface area contributed by atoms with Gasteiger partial charge in [-0.2, -0.15) is 13.2 Å². The molecule has 0 aliphatic carbocycles. The molecule has 0 spiro atoms. The summed E-state index contributed by atoms with van der Waals surface area (Å²) in [5, 5.41) is 12.4. The van der Waals surface area contributed by atoms with Crippen molar-refractivity contribution >= 4 is 17.2 Å². The van der Waals surface area contributed by atoms with E-state index in [1.165, 1.54) is 16.5 Å². The number of aromatic nitrogens is 1. The van der Waals surface area contributed by atoms with Crippen LogP contribution in [0.15, 0.2) is 54.7 Å². The number of fused-ring (bicyclic) bond motifs is 1. The van der Waals surface area contributed by atoms with Gasteiger partial charge in [0.2, 0.25) is 0 Å². The van der Waals surface area contributed by atoms with Crippen LogP contribution < -0.4 is 5.32 Å². The van der Waals surface area contributed by atoms with Crippen molar-refractivity contribution in [2.24, 2.45) is 0 Å². The summed E-state index contributed by atoms with van der Waals surface area (Å²) in [7, 11) is 0. The van der Waals surface area contributed by atoms with Crippen LogP contribution in [0, 0.1) is 0 Å². The van der Waals surface area contributed by atoms with Crippen molar-refractivity contribution < 1.29 is 23.1 Å². The molecule has 0 aliphatic heterocycles. The van der Waals surface area contributed by atoms with Gasteiger partial charge < -0.3 is 14.8 Å². The summed E-state index contributed by atoms with van der Waals surface area (Å²) in [6.07, 6.45) is -2.73. The number of carboxylic acids is 1. The van der Waals surface area contributed by atoms with Crippen LogP contribution >= 0.6 is 0 Å². The van der Waals surface area contributed by atoms with E-state index in [1.807, 2.05) is 0 Å². The Morgan fingerprint density at radius 2 is 1.79 bits per heavy atom. The number of anilines is 1. The average Bonchev–Trinajstić information content (AvgIpc) is 3.00. The van der Waals surface area contributed by atoms with Gasteiger partial charge in [0.15, 0.2) is 5.69 Å². The topological polar surface area (TPSA) is 53.7 Å². The second-order valence-electron chi connectivity index (χ2n) is 5.25. The van der Waals surface area contributed by atoms with Gasteiger partial charge >= 0.3 is 12.1 Å². The molecule has 124 valence electrons. The highest BCUT2D eigenvalue weighted by molar-refractivity contribution is 5.93. The van der Waals surface area contributed by atoms with Crippen molar-refractivity contribution in [3.05, 3.63) is 71.5 Å². The number of hydrogen-bond donors (Lipinski definition) is 2. The molecule has 0 unspecified atom stereocenters. The Balaban J connectivity index is 1.83. The number of carbonyl (C=O) groups is 1. The lowest BCUT2D eigenvalue weighted by Gasteiger charge is -2.12. The first-order valence-corrected chi connectivity index (χ1v) is 7.09. The third-order valence-corrected chi connectivity index (χ3v) is 3.66. The lowest BCUT2D eigenvalue weighted by Crippen LogP contribution is -2.11. The molecule has 2 aromatic heterocycles. The van der Waals surface area contributed by atoms with Crippen LogP contribution in [0.3, 0.4) is 0 Å². The zero-order chi connectivity index (χ0) is 17.3. The molecular weight excluding hydrogens is 321 g/mol. The minimum absolute atomic E-state index is 0.0735. The molecule has 7 heteroatoms. The first kappa shape index (κ1) is 15.9. The molecular formula is C17H13F3N2O2. The first-order valence-electron chi connectivity index (χ1n) is 7.09. The van der Waals surface area contributed by atoms with E-state index < -0.39 is 17.7 Å². The van der Waals surface area contributed by atoms with Crippen molar-refractivity contribution in [3.63, 3.8) is 0 Å². The van der Waals surface area contributed by atoms with Crippen molar-refractivity contribution in [1.29, 1.82) is 0 Å². The van der Waals surface area contributed by atoms with Crippen molar-refractivity contribution in [2.75, 3.05) is 5.32 Å². The molecule has 2 heterocycles. The van der Waals surface area contributed by atoms with Gasteiger partial charge in [0.1, 0.15) is 0 Å². The summed E-state index contributed by atoms with van der Waals surface area (Å²) in [6, 6.07) is 11.7. The van der Waals surface area contributed by atoms with E-state index in [0.717, 1.165) is 17.6 Å². The number of hydrogen-bond acceptors (Lipinski definition) is 2. The summed E-state index contributed by atoms with van der Waals surface area (Å²) in [5.41, 5.74) is 1.11. The van der Waals surface area contributed by atoms with Gasteiger partial charge in [0.25, 0.3) is 0 Å². The number of pyridine rings is 1. The number of rotatable bonds is 4. The van der Waals surface area contributed by atoms with Crippen LogP contribution in [0.1, 0.15) is 21.6 Å². The lowest BCUT2D eigenvalue weighted by atomic mass is 10.1. The van der Waals surface area contributed by atoms with Crippen LogP contribution in [-0.4, -0.2) is 15.5 Å². The highest BCUT2D eigenvalue weighted by Crippen LogP contribution is 2.29. The quantitative estimate of drug-likeness (QED) is 0.749. The molecule has 3 aromatic rings. The number of nitrogens with zero attached hydrogens (tertiary/aromatic N) is 1. The van der Waals surface area contributed by atoms with Crippen molar-refractivity contribution in [3.8, 4) is 0 Å². The van der Waals surface area contributed by atoms with E-state index in [9.17, 15) is 23.1 Å². The zero-order valence-electron chi connectivity index (χ0n) is 12.3. The molecule has 2 N–H and O–H groups in total. The number of halogens is 3. The fourth-order valence-corrected chi connectivity index (χ4v) is 2.48. The molecule has 0 fully saturated rings. The Morgan fingerprint density at radius 1 is 1.08 bits per heavy atom. The summed E-state index contributed by atoms with van der Waals surface area (Å²) in [5.74, 6) is -1.09. The summed E-state index contributed by atoms with van der Waals surface area (Å²) in [4.78, 5) is 11.5. The van der Waals surface area contributed by atoms with Gasteiger partial charge in [0.05, 0.1) is 11.3 Å². The first-order chi connectivity index (χ1) is 11.4. The highest BCUT2D eigenvalue weighted by atomic mass is 19.4. The predicted molar refractivity (Wildman–Crippen MR) is 83.1 cm³/mol. The molecule has 4 nitrogen and oxygen atoms in total. The van der Waals surface area contributed by atoms with Crippen LogP contribution in [0.4, 0.5) is 18.9 Å². The average molecular weight is 334 g/mol. The molecule has 0 saturated carbocycles. The van der Waals surface area contributed by atoms with E-state index in [4.69, 9.17) is 0 Å². The number of carboxylic acid groups (broad SMARTS) is 1. The van der Waals surface area contributed by atoms with E-state index in [-0.39, 0.29) is 12.2 Å². The van der Waals surface area contributed by atoms with Crippen LogP contribution in [-0.2, 0) is 12.7 Å². The summed E-state index contributed by atoms with van der Waals surface area (Å²) >= 11 is 0. The fraction of sp³-hybridized carbons (Fsp3) is 0.118. The minimum atomic E-state index is -4.37. The number of alkyl halides is 3. The summed E-state index contributed by atoms with van der Waals surface area (Å²) in [6.45, 7) is 0.213. The standard InChI is InChI=1S/C17H13F3N2O2/c18-17(19,20)12-5-3-11(4-6-12)10-21-14-8-7-13-2-1-9-22(13)15(14)16(23)24/h1-9,21H,10H2,(H,23,24). The van der Waals surface area contributed by atoms with Gasteiger partial charge in [-0.1, -0.05) is 12.1 Å². The van der Waals surface area contributed by atoms with Gasteiger partial charge in [-0.15, -0.1) is 0 Å². The molecule has 0 aliphatic rings. The Kier molecular flexibility index (Phi) is 3.92. The number of benzene rings is 1. The number of nitrogens with one attached hydrogen (secondary N) is 1. The molecule has 0 radical (unpaired) electrons. The normalized spacial score (nSPS) is 11.6. The molecule has 0 bridgehead atoms. The minimum Gasteiger partial charge on any atom is -0.476 e. The lowest BCUT2D eigenvalue weighted by molar-refractivity contribution is -0.137. The maximum absolute atomic E-state index is 12.5. The molecule has 0 amide bonds. The maximum atomic E-state index is 12.5. The van der Waals surface area contributed by atoms with Gasteiger partial charge in [0, 0.05) is 18.3 Å². The maximum Gasteiger partial charge on any atom is 0.416 e. The Hall–Kier alpha value is -2.96.